The molecule has 2 N–H and O–H groups in total. The van der Waals surface area contributed by atoms with Gasteiger partial charge in [-0.1, -0.05) is 41.2 Å². The first kappa shape index (κ1) is 28.3. The Kier molecular flexibility index (Phi) is 7.54. The van der Waals surface area contributed by atoms with Gasteiger partial charge in [0, 0.05) is 48.6 Å². The highest BCUT2D eigenvalue weighted by Gasteiger charge is 2.31. The fourth-order valence-electron chi connectivity index (χ4n) is 5.76. The van der Waals surface area contributed by atoms with Crippen LogP contribution in [0.15, 0.2) is 30.3 Å². The number of hydrogen-bond acceptors (Lipinski definition) is 6. The molecule has 0 radical (unpaired) electrons. The molecule has 2 aromatic heterocycles. The van der Waals surface area contributed by atoms with Crippen molar-refractivity contribution < 1.29 is 15.0 Å². The van der Waals surface area contributed by atoms with Crippen LogP contribution in [0, 0.1) is 20.8 Å². The minimum atomic E-state index is -0.806. The molecule has 0 saturated heterocycles. The first-order valence-electron chi connectivity index (χ1n) is 13.9. The van der Waals surface area contributed by atoms with Gasteiger partial charge >= 0.3 is 5.97 Å². The van der Waals surface area contributed by atoms with Crippen LogP contribution >= 0.6 is 11.3 Å². The molecule has 6 rings (SSSR count). The summed E-state index contributed by atoms with van der Waals surface area (Å²) in [6, 6.07) is 10.7. The summed E-state index contributed by atoms with van der Waals surface area (Å²) < 4.78 is 2.40. The Balaban J connectivity index is 0.000000595. The lowest BCUT2D eigenvalue weighted by atomic mass is 9.88. The minimum Gasteiger partial charge on any atom is -0.481 e. The molecule has 0 bridgehead atoms. The van der Waals surface area contributed by atoms with Gasteiger partial charge in [-0.05, 0) is 76.9 Å². The Bertz CT molecular complexity index is 1570. The summed E-state index contributed by atoms with van der Waals surface area (Å²) in [7, 11) is 2.16. The van der Waals surface area contributed by atoms with Crippen molar-refractivity contribution in [3.05, 3.63) is 63.3 Å². The van der Waals surface area contributed by atoms with Crippen LogP contribution in [0.4, 0.5) is 10.8 Å². The number of carbonyl (C=O) groups is 1. The Morgan fingerprint density at radius 3 is 2.40 bits per heavy atom. The van der Waals surface area contributed by atoms with Gasteiger partial charge in [-0.3, -0.25) is 4.79 Å². The first-order valence-corrected chi connectivity index (χ1v) is 14.7. The standard InChI is InChI=1S/C28H30N4O2S.C4H10O/c1-16-5-7-19(8-6-16)25-20(14-24(33)34)18(3)26-27-21(25)13-17(2)31(27)11-12-32(26)28-29-22-9-10-30(4)15-23(22)35-28;1-4(2,3)5/h5-8,13H,9-12,14-15H2,1-4H3,(H,33,34);5H,1-3H3. The first-order chi connectivity index (χ1) is 18.8. The van der Waals surface area contributed by atoms with E-state index in [-0.39, 0.29) is 6.42 Å². The molecule has 0 atom stereocenters. The molecule has 0 unspecified atom stereocenters. The highest BCUT2D eigenvalue weighted by atomic mass is 32.1. The van der Waals surface area contributed by atoms with E-state index in [9.17, 15) is 9.90 Å². The van der Waals surface area contributed by atoms with Crippen LogP contribution in [0.5, 0.6) is 0 Å². The number of rotatable bonds is 4. The number of aromatic nitrogens is 2. The van der Waals surface area contributed by atoms with Gasteiger partial charge in [0.05, 0.1) is 28.9 Å². The molecule has 0 fully saturated rings. The zero-order valence-corrected chi connectivity index (χ0v) is 25.4. The summed E-state index contributed by atoms with van der Waals surface area (Å²) in [6.07, 6.45) is 0.978. The van der Waals surface area contributed by atoms with E-state index in [2.05, 4.69) is 72.5 Å². The van der Waals surface area contributed by atoms with Gasteiger partial charge in [0.2, 0.25) is 0 Å². The zero-order valence-electron chi connectivity index (χ0n) is 24.6. The highest BCUT2D eigenvalue weighted by molar-refractivity contribution is 7.15. The number of aryl methyl sites for hydroxylation is 2. The molecular weight excluding hydrogens is 520 g/mol. The van der Waals surface area contributed by atoms with Gasteiger partial charge in [-0.15, -0.1) is 0 Å². The van der Waals surface area contributed by atoms with E-state index < -0.39 is 11.6 Å². The summed E-state index contributed by atoms with van der Waals surface area (Å²) in [4.78, 5) is 23.2. The van der Waals surface area contributed by atoms with Gasteiger partial charge < -0.3 is 24.6 Å². The average molecular weight is 561 g/mol. The topological polar surface area (TPSA) is 81.8 Å². The fourth-order valence-corrected chi connectivity index (χ4v) is 6.98. The molecule has 0 spiro atoms. The number of likely N-dealkylation sites (N-methyl/N-ethyl adjacent to an activating group) is 1. The maximum absolute atomic E-state index is 12.1. The molecule has 2 aromatic carbocycles. The number of hydrogen-bond donors (Lipinski definition) is 2. The molecular formula is C32H40N4O3S. The summed E-state index contributed by atoms with van der Waals surface area (Å²) in [5.74, 6) is -0.806. The van der Waals surface area contributed by atoms with Crippen LogP contribution in [0.1, 0.15) is 53.7 Å². The number of thiazole rings is 1. The van der Waals surface area contributed by atoms with Gasteiger partial charge in [0.15, 0.2) is 5.13 Å². The SMILES string of the molecule is CC(C)(C)O.Cc1ccc(-c2c(CC(=O)O)c(C)c3c4c2cc(C)n4CCN3c2nc3c(s2)CN(C)CC3)cc1. The molecule has 212 valence electrons. The minimum absolute atomic E-state index is 0.00475. The monoisotopic (exact) mass is 560 g/mol. The second kappa shape index (κ2) is 10.7. The van der Waals surface area contributed by atoms with Crippen molar-refractivity contribution in [2.75, 3.05) is 25.0 Å². The largest absolute Gasteiger partial charge is 0.481 e. The second-order valence-electron chi connectivity index (χ2n) is 12.1. The molecule has 2 aliphatic heterocycles. The van der Waals surface area contributed by atoms with Crippen LogP contribution in [-0.4, -0.2) is 56.4 Å². The van der Waals surface area contributed by atoms with E-state index in [1.54, 1.807) is 32.1 Å². The van der Waals surface area contributed by atoms with Crippen LogP contribution in [0.25, 0.3) is 22.0 Å². The number of fused-ring (bicyclic) bond motifs is 1. The average Bonchev–Trinajstić information content (AvgIpc) is 3.43. The third-order valence-electron chi connectivity index (χ3n) is 7.53. The number of carboxylic acids is 1. The van der Waals surface area contributed by atoms with E-state index in [1.165, 1.54) is 27.3 Å². The lowest BCUT2D eigenvalue weighted by Gasteiger charge is -2.32. The number of carboxylic acid groups (broad SMARTS) is 1. The lowest BCUT2D eigenvalue weighted by molar-refractivity contribution is -0.136. The van der Waals surface area contributed by atoms with E-state index in [1.807, 2.05) is 0 Å². The van der Waals surface area contributed by atoms with Crippen LogP contribution in [0.2, 0.25) is 0 Å². The van der Waals surface area contributed by atoms with Crippen molar-refractivity contribution >= 4 is 39.0 Å². The Labute approximate surface area is 240 Å². The molecule has 0 amide bonds. The number of benzene rings is 2. The van der Waals surface area contributed by atoms with Crippen molar-refractivity contribution in [2.24, 2.45) is 0 Å². The third-order valence-corrected chi connectivity index (χ3v) is 8.64. The van der Waals surface area contributed by atoms with Gasteiger partial charge in [0.1, 0.15) is 0 Å². The van der Waals surface area contributed by atoms with Crippen molar-refractivity contribution in [3.63, 3.8) is 0 Å². The van der Waals surface area contributed by atoms with Crippen molar-refractivity contribution in [1.29, 1.82) is 0 Å². The van der Waals surface area contributed by atoms with Gasteiger partial charge in [-0.25, -0.2) is 4.98 Å². The highest BCUT2D eigenvalue weighted by Crippen LogP contribution is 2.47. The van der Waals surface area contributed by atoms with E-state index >= 15 is 0 Å². The quantitative estimate of drug-likeness (QED) is 0.308. The lowest BCUT2D eigenvalue weighted by Crippen LogP contribution is -2.29. The van der Waals surface area contributed by atoms with E-state index in [0.29, 0.717) is 0 Å². The van der Waals surface area contributed by atoms with Gasteiger partial charge in [-0.2, -0.15) is 0 Å². The molecule has 4 heterocycles. The molecule has 7 nitrogen and oxygen atoms in total. The maximum atomic E-state index is 12.1. The van der Waals surface area contributed by atoms with Gasteiger partial charge in [0.25, 0.3) is 0 Å². The number of anilines is 2. The smallest absolute Gasteiger partial charge is 0.307 e. The molecule has 0 aliphatic carbocycles. The van der Waals surface area contributed by atoms with Crippen LogP contribution in [0.3, 0.4) is 0 Å². The van der Waals surface area contributed by atoms with Crippen molar-refractivity contribution in [2.45, 2.75) is 73.1 Å². The summed E-state index contributed by atoms with van der Waals surface area (Å²) in [5.41, 5.74) is 9.49. The maximum Gasteiger partial charge on any atom is 0.307 e. The number of nitrogens with zero attached hydrogens (tertiary/aromatic N) is 4. The number of aliphatic hydroxyl groups is 1. The summed E-state index contributed by atoms with van der Waals surface area (Å²) >= 11 is 1.79. The summed E-state index contributed by atoms with van der Waals surface area (Å²) in [6.45, 7) is 15.3. The molecule has 8 heteroatoms. The van der Waals surface area contributed by atoms with Crippen molar-refractivity contribution in [1.82, 2.24) is 14.5 Å². The van der Waals surface area contributed by atoms with Crippen LogP contribution < -0.4 is 4.90 Å². The predicted molar refractivity (Wildman–Crippen MR) is 164 cm³/mol. The Morgan fingerprint density at radius 2 is 1.75 bits per heavy atom. The molecule has 4 aromatic rings. The zero-order chi connectivity index (χ0) is 28.9. The fraction of sp³-hybridized carbons (Fsp3) is 0.438. The predicted octanol–water partition coefficient (Wildman–Crippen LogP) is 6.23. The second-order valence-corrected chi connectivity index (χ2v) is 13.2. The Morgan fingerprint density at radius 1 is 1.07 bits per heavy atom. The molecule has 2 aliphatic rings. The molecule has 40 heavy (non-hydrogen) atoms. The molecule has 0 saturated carbocycles. The van der Waals surface area contributed by atoms with E-state index in [0.717, 1.165) is 71.1 Å². The van der Waals surface area contributed by atoms with Crippen LogP contribution in [-0.2, 0) is 30.7 Å². The summed E-state index contributed by atoms with van der Waals surface area (Å²) in [5, 5.41) is 20.6. The Hall–Kier alpha value is -3.20. The normalized spacial score (nSPS) is 15.2. The number of aliphatic carboxylic acids is 1. The van der Waals surface area contributed by atoms with Crippen molar-refractivity contribution in [3.8, 4) is 11.1 Å². The van der Waals surface area contributed by atoms with E-state index in [4.69, 9.17) is 10.1 Å². The third kappa shape index (κ3) is 5.53.